The maximum atomic E-state index is 12.9. The molecular formula is C20H27ClF3N3O2. The molecule has 1 aliphatic heterocycles. The number of alkyl halides is 3. The first-order valence-electron chi connectivity index (χ1n) is 9.69. The minimum atomic E-state index is -4.26. The third-order valence-corrected chi connectivity index (χ3v) is 5.30. The van der Waals surface area contributed by atoms with Crippen LogP contribution in [0.3, 0.4) is 0 Å². The van der Waals surface area contributed by atoms with Crippen molar-refractivity contribution in [3.63, 3.8) is 0 Å². The van der Waals surface area contributed by atoms with Crippen molar-refractivity contribution >= 4 is 23.4 Å². The van der Waals surface area contributed by atoms with Gasteiger partial charge in [0.25, 0.3) is 5.91 Å². The monoisotopic (exact) mass is 433 g/mol. The van der Waals surface area contributed by atoms with Crippen molar-refractivity contribution in [2.45, 2.75) is 25.9 Å². The Balaban J connectivity index is 1.94. The Morgan fingerprint density at radius 2 is 1.86 bits per heavy atom. The number of hydrogen-bond acceptors (Lipinski definition) is 3. The van der Waals surface area contributed by atoms with E-state index < -0.39 is 12.7 Å². The quantitative estimate of drug-likeness (QED) is 0.660. The van der Waals surface area contributed by atoms with Crippen LogP contribution in [-0.4, -0.2) is 79.0 Å². The van der Waals surface area contributed by atoms with Crippen molar-refractivity contribution in [3.8, 4) is 0 Å². The number of carbonyl (C=O) groups excluding carboxylic acids is 2. The van der Waals surface area contributed by atoms with Crippen LogP contribution in [0.15, 0.2) is 24.3 Å². The number of rotatable bonds is 7. The second-order valence-electron chi connectivity index (χ2n) is 7.37. The van der Waals surface area contributed by atoms with Gasteiger partial charge in [0.05, 0.1) is 12.5 Å². The number of hydrogen-bond donors (Lipinski definition) is 0. The van der Waals surface area contributed by atoms with E-state index in [0.717, 1.165) is 4.90 Å². The Bertz CT molecular complexity index is 697. The van der Waals surface area contributed by atoms with Gasteiger partial charge in [-0.25, -0.2) is 0 Å². The van der Waals surface area contributed by atoms with Crippen LogP contribution in [0.5, 0.6) is 0 Å². The van der Waals surface area contributed by atoms with E-state index in [1.807, 2.05) is 0 Å². The summed E-state index contributed by atoms with van der Waals surface area (Å²) in [6.07, 6.45) is -2.89. The predicted molar refractivity (Wildman–Crippen MR) is 106 cm³/mol. The molecule has 2 rings (SSSR count). The number of piperidine rings is 1. The lowest BCUT2D eigenvalue weighted by Gasteiger charge is -2.35. The molecule has 162 valence electrons. The first-order valence-corrected chi connectivity index (χ1v) is 10.1. The molecule has 0 N–H and O–H groups in total. The van der Waals surface area contributed by atoms with Crippen molar-refractivity contribution in [1.29, 1.82) is 0 Å². The van der Waals surface area contributed by atoms with Crippen LogP contribution in [0.25, 0.3) is 0 Å². The summed E-state index contributed by atoms with van der Waals surface area (Å²) < 4.78 is 37.4. The van der Waals surface area contributed by atoms with Gasteiger partial charge in [-0.1, -0.05) is 11.6 Å². The van der Waals surface area contributed by atoms with E-state index >= 15 is 0 Å². The molecule has 1 aromatic rings. The lowest BCUT2D eigenvalue weighted by Crippen LogP contribution is -2.48. The fourth-order valence-electron chi connectivity index (χ4n) is 3.50. The lowest BCUT2D eigenvalue weighted by atomic mass is 9.95. The molecule has 0 aliphatic carbocycles. The van der Waals surface area contributed by atoms with Gasteiger partial charge in [0.1, 0.15) is 0 Å². The Kier molecular flexibility index (Phi) is 8.34. The molecular weight excluding hydrogens is 407 g/mol. The highest BCUT2D eigenvalue weighted by molar-refractivity contribution is 6.30. The number of nitrogens with zero attached hydrogens (tertiary/aromatic N) is 3. The Morgan fingerprint density at radius 3 is 2.45 bits per heavy atom. The number of amides is 2. The van der Waals surface area contributed by atoms with Gasteiger partial charge in [-0.05, 0) is 51.1 Å². The molecule has 1 unspecified atom stereocenters. The molecule has 0 aromatic heterocycles. The highest BCUT2D eigenvalue weighted by Gasteiger charge is 2.32. The van der Waals surface area contributed by atoms with E-state index in [0.29, 0.717) is 43.1 Å². The topological polar surface area (TPSA) is 43.9 Å². The molecule has 1 heterocycles. The molecule has 0 bridgehead atoms. The van der Waals surface area contributed by atoms with E-state index in [-0.39, 0.29) is 30.8 Å². The van der Waals surface area contributed by atoms with E-state index in [1.54, 1.807) is 41.0 Å². The summed E-state index contributed by atoms with van der Waals surface area (Å²) in [7, 11) is 1.39. The van der Waals surface area contributed by atoms with Crippen LogP contribution < -0.4 is 0 Å². The summed E-state index contributed by atoms with van der Waals surface area (Å²) in [5.41, 5.74) is 0.517. The van der Waals surface area contributed by atoms with Crippen LogP contribution in [0, 0.1) is 5.92 Å². The third-order valence-electron chi connectivity index (χ3n) is 5.04. The molecule has 0 spiro atoms. The first-order chi connectivity index (χ1) is 13.6. The average Bonchev–Trinajstić information content (AvgIpc) is 2.67. The maximum absolute atomic E-state index is 12.9. The molecule has 1 aromatic carbocycles. The highest BCUT2D eigenvalue weighted by Crippen LogP contribution is 2.22. The van der Waals surface area contributed by atoms with Crippen molar-refractivity contribution in [2.24, 2.45) is 5.92 Å². The van der Waals surface area contributed by atoms with Gasteiger partial charge in [-0.2, -0.15) is 13.2 Å². The van der Waals surface area contributed by atoms with E-state index in [1.165, 1.54) is 7.05 Å². The smallest absolute Gasteiger partial charge is 0.341 e. The second kappa shape index (κ2) is 10.3. The molecule has 0 radical (unpaired) electrons. The lowest BCUT2D eigenvalue weighted by molar-refractivity contribution is -0.144. The zero-order chi connectivity index (χ0) is 21.6. The minimum absolute atomic E-state index is 0.110. The summed E-state index contributed by atoms with van der Waals surface area (Å²) in [4.78, 5) is 30.0. The van der Waals surface area contributed by atoms with E-state index in [4.69, 9.17) is 11.6 Å². The SMILES string of the molecule is CCN(CCN(C)CC(F)(F)F)C(=O)C1CCCN(C(=O)c2ccc(Cl)cc2)C1. The van der Waals surface area contributed by atoms with Crippen molar-refractivity contribution < 1.29 is 22.8 Å². The summed E-state index contributed by atoms with van der Waals surface area (Å²) in [6.45, 7) is 2.47. The second-order valence-corrected chi connectivity index (χ2v) is 7.80. The summed E-state index contributed by atoms with van der Waals surface area (Å²) >= 11 is 5.86. The van der Waals surface area contributed by atoms with Gasteiger partial charge < -0.3 is 9.80 Å². The molecule has 1 atom stereocenters. The fourth-order valence-corrected chi connectivity index (χ4v) is 3.62. The molecule has 1 fully saturated rings. The molecule has 1 saturated heterocycles. The highest BCUT2D eigenvalue weighted by atomic mass is 35.5. The largest absolute Gasteiger partial charge is 0.401 e. The number of benzene rings is 1. The van der Waals surface area contributed by atoms with E-state index in [9.17, 15) is 22.8 Å². The van der Waals surface area contributed by atoms with Crippen LogP contribution in [0.1, 0.15) is 30.1 Å². The minimum Gasteiger partial charge on any atom is -0.341 e. The van der Waals surface area contributed by atoms with Gasteiger partial charge in [-0.3, -0.25) is 14.5 Å². The summed E-state index contributed by atoms with van der Waals surface area (Å²) in [5, 5.41) is 0.544. The average molecular weight is 434 g/mol. The normalized spacial score (nSPS) is 17.5. The molecule has 2 amide bonds. The Labute approximate surface area is 174 Å². The van der Waals surface area contributed by atoms with Crippen LogP contribution in [0.4, 0.5) is 13.2 Å². The zero-order valence-electron chi connectivity index (χ0n) is 16.7. The van der Waals surface area contributed by atoms with E-state index in [2.05, 4.69) is 0 Å². The Morgan fingerprint density at radius 1 is 1.21 bits per heavy atom. The molecule has 9 heteroatoms. The number of carbonyl (C=O) groups is 2. The molecule has 5 nitrogen and oxygen atoms in total. The van der Waals surface area contributed by atoms with Gasteiger partial charge in [0, 0.05) is 43.3 Å². The van der Waals surface area contributed by atoms with Gasteiger partial charge in [0.15, 0.2) is 0 Å². The third kappa shape index (κ3) is 7.19. The maximum Gasteiger partial charge on any atom is 0.401 e. The van der Waals surface area contributed by atoms with Gasteiger partial charge in [-0.15, -0.1) is 0 Å². The van der Waals surface area contributed by atoms with Gasteiger partial charge in [0.2, 0.25) is 5.91 Å². The number of halogens is 4. The summed E-state index contributed by atoms with van der Waals surface area (Å²) in [5.74, 6) is -0.596. The molecule has 0 saturated carbocycles. The van der Waals surface area contributed by atoms with Crippen LogP contribution in [0.2, 0.25) is 5.02 Å². The standard InChI is InChI=1S/C20H27ClF3N3O2/c1-3-26(12-11-25(2)14-20(22,23)24)19(29)16-5-4-10-27(13-16)18(28)15-6-8-17(21)9-7-15/h6-9,16H,3-5,10-14H2,1-2H3. The van der Waals surface area contributed by atoms with Crippen LogP contribution in [-0.2, 0) is 4.79 Å². The predicted octanol–water partition coefficient (Wildman–Crippen LogP) is 3.53. The Hall–Kier alpha value is -1.80. The molecule has 1 aliphatic rings. The van der Waals surface area contributed by atoms with Crippen molar-refractivity contribution in [1.82, 2.24) is 14.7 Å². The first kappa shape index (κ1) is 23.5. The van der Waals surface area contributed by atoms with Crippen molar-refractivity contribution in [2.75, 3.05) is 46.3 Å². The van der Waals surface area contributed by atoms with Crippen LogP contribution >= 0.6 is 11.6 Å². The fraction of sp³-hybridized carbons (Fsp3) is 0.600. The van der Waals surface area contributed by atoms with Gasteiger partial charge >= 0.3 is 6.18 Å². The molecule has 29 heavy (non-hydrogen) atoms. The number of likely N-dealkylation sites (N-methyl/N-ethyl adjacent to an activating group) is 2. The summed E-state index contributed by atoms with van der Waals surface area (Å²) in [6, 6.07) is 6.62. The van der Waals surface area contributed by atoms with Crippen molar-refractivity contribution in [3.05, 3.63) is 34.9 Å². The zero-order valence-corrected chi connectivity index (χ0v) is 17.5. The number of likely N-dealkylation sites (tertiary alicyclic amines) is 1.